The van der Waals surface area contributed by atoms with Crippen LogP contribution in [0.5, 0.6) is 0 Å². The van der Waals surface area contributed by atoms with Gasteiger partial charge in [0.1, 0.15) is 0 Å². The van der Waals surface area contributed by atoms with Crippen molar-refractivity contribution in [1.82, 2.24) is 4.90 Å². The maximum absolute atomic E-state index is 12.8. The summed E-state index contributed by atoms with van der Waals surface area (Å²) in [4.78, 5) is 15.2. The number of rotatable bonds is 7. The first-order chi connectivity index (χ1) is 15.4. The number of benzene rings is 3. The summed E-state index contributed by atoms with van der Waals surface area (Å²) in [6, 6.07) is 25.9. The van der Waals surface area contributed by atoms with Crippen molar-refractivity contribution >= 4 is 17.4 Å². The molecule has 1 heterocycles. The second-order valence-electron chi connectivity index (χ2n) is 8.83. The molecule has 0 aromatic heterocycles. The summed E-state index contributed by atoms with van der Waals surface area (Å²) in [5.74, 6) is 0.181. The van der Waals surface area contributed by atoms with E-state index in [4.69, 9.17) is 11.6 Å². The third-order valence-corrected chi connectivity index (χ3v) is 6.90. The van der Waals surface area contributed by atoms with Crippen molar-refractivity contribution in [3.05, 3.63) is 106 Å². The molecule has 0 saturated carbocycles. The number of piperidine rings is 1. The van der Waals surface area contributed by atoms with Crippen molar-refractivity contribution in [3.8, 4) is 0 Å². The number of hydrogen-bond donors (Lipinski definition) is 1. The van der Waals surface area contributed by atoms with Gasteiger partial charge in [-0.25, -0.2) is 0 Å². The third-order valence-electron chi connectivity index (χ3n) is 6.65. The van der Waals surface area contributed by atoms with Gasteiger partial charge < -0.3 is 5.11 Å². The highest BCUT2D eigenvalue weighted by atomic mass is 35.5. The van der Waals surface area contributed by atoms with E-state index in [1.165, 1.54) is 5.56 Å². The number of carbonyl (C=O) groups excluding carboxylic acids is 1. The predicted molar refractivity (Wildman–Crippen MR) is 130 cm³/mol. The number of likely N-dealkylation sites (tertiary alicyclic amines) is 1. The lowest BCUT2D eigenvalue weighted by Crippen LogP contribution is -2.44. The zero-order chi connectivity index (χ0) is 22.6. The first kappa shape index (κ1) is 22.7. The van der Waals surface area contributed by atoms with E-state index < -0.39 is 5.60 Å². The minimum atomic E-state index is -0.833. The maximum Gasteiger partial charge on any atom is 0.162 e. The van der Waals surface area contributed by atoms with E-state index in [-0.39, 0.29) is 11.8 Å². The number of aliphatic hydroxyl groups is 1. The monoisotopic (exact) mass is 447 g/mol. The van der Waals surface area contributed by atoms with Crippen LogP contribution in [0.3, 0.4) is 0 Å². The van der Waals surface area contributed by atoms with Gasteiger partial charge in [-0.1, -0.05) is 83.9 Å². The van der Waals surface area contributed by atoms with Gasteiger partial charge in [0.2, 0.25) is 0 Å². The van der Waals surface area contributed by atoms with Gasteiger partial charge in [-0.15, -0.1) is 0 Å². The van der Waals surface area contributed by atoms with Crippen molar-refractivity contribution in [1.29, 1.82) is 0 Å². The fraction of sp³-hybridized carbons (Fsp3) is 0.321. The maximum atomic E-state index is 12.8. The molecule has 0 radical (unpaired) electrons. The predicted octanol–water partition coefficient (Wildman–Crippen LogP) is 6.34. The molecule has 3 aromatic rings. The van der Waals surface area contributed by atoms with Crippen LogP contribution in [-0.2, 0) is 5.60 Å². The molecule has 0 aliphatic carbocycles. The summed E-state index contributed by atoms with van der Waals surface area (Å²) in [5, 5.41) is 11.9. The molecule has 4 heteroatoms. The summed E-state index contributed by atoms with van der Waals surface area (Å²) >= 11 is 6.02. The second kappa shape index (κ2) is 9.99. The fourth-order valence-corrected chi connectivity index (χ4v) is 4.77. The Bertz CT molecular complexity index is 1020. The summed E-state index contributed by atoms with van der Waals surface area (Å²) in [7, 11) is 0. The molecule has 1 saturated heterocycles. The zero-order valence-corrected chi connectivity index (χ0v) is 19.3. The molecule has 1 aliphatic rings. The molecule has 1 atom stereocenters. The Hall–Kier alpha value is -2.46. The standard InChI is InChI=1S/C28H30ClNO2/c1-21-7-9-23(10-8-21)27(31)16-15-26(22-5-3-2-4-6-22)30-19-17-28(32,18-20-30)24-11-13-25(29)14-12-24/h2-14,26,32H,15-20H2,1H3. The van der Waals surface area contributed by atoms with E-state index in [1.807, 2.05) is 61.5 Å². The number of Topliss-reactive ketones (excluding diaryl/α,β-unsaturated/α-hetero) is 1. The largest absolute Gasteiger partial charge is 0.385 e. The molecular formula is C28H30ClNO2. The molecule has 0 spiro atoms. The van der Waals surface area contributed by atoms with Gasteiger partial charge in [0.15, 0.2) is 5.78 Å². The van der Waals surface area contributed by atoms with Crippen LogP contribution in [0.25, 0.3) is 0 Å². The molecular weight excluding hydrogens is 418 g/mol. The van der Waals surface area contributed by atoms with Crippen LogP contribution < -0.4 is 0 Å². The quantitative estimate of drug-likeness (QED) is 0.430. The lowest BCUT2D eigenvalue weighted by atomic mass is 9.83. The Morgan fingerprint density at radius 3 is 2.22 bits per heavy atom. The summed E-state index contributed by atoms with van der Waals surface area (Å²) in [6.45, 7) is 3.58. The van der Waals surface area contributed by atoms with Crippen molar-refractivity contribution in [2.75, 3.05) is 13.1 Å². The van der Waals surface area contributed by atoms with Gasteiger partial charge in [-0.05, 0) is 49.4 Å². The summed E-state index contributed by atoms with van der Waals surface area (Å²) in [5.41, 5.74) is 3.25. The normalized spacial score (nSPS) is 17.1. The Morgan fingerprint density at radius 1 is 0.969 bits per heavy atom. The number of hydrogen-bond acceptors (Lipinski definition) is 3. The first-order valence-corrected chi connectivity index (χ1v) is 11.7. The molecule has 0 bridgehead atoms. The molecule has 3 nitrogen and oxygen atoms in total. The minimum absolute atomic E-state index is 0.153. The molecule has 3 aromatic carbocycles. The Balaban J connectivity index is 1.46. The zero-order valence-electron chi connectivity index (χ0n) is 18.5. The third kappa shape index (κ3) is 5.29. The van der Waals surface area contributed by atoms with Crippen molar-refractivity contribution < 1.29 is 9.90 Å². The molecule has 166 valence electrons. The molecule has 1 N–H and O–H groups in total. The smallest absolute Gasteiger partial charge is 0.162 e. The highest BCUT2D eigenvalue weighted by molar-refractivity contribution is 6.30. The fourth-order valence-electron chi connectivity index (χ4n) is 4.64. The van der Waals surface area contributed by atoms with Gasteiger partial charge in [-0.2, -0.15) is 0 Å². The second-order valence-corrected chi connectivity index (χ2v) is 9.27. The molecule has 1 aliphatic heterocycles. The van der Waals surface area contributed by atoms with E-state index in [1.54, 1.807) is 0 Å². The van der Waals surface area contributed by atoms with Crippen LogP contribution in [0.15, 0.2) is 78.9 Å². The van der Waals surface area contributed by atoms with E-state index in [0.717, 1.165) is 36.2 Å². The van der Waals surface area contributed by atoms with Gasteiger partial charge in [0.05, 0.1) is 5.60 Å². The van der Waals surface area contributed by atoms with Gasteiger partial charge in [0, 0.05) is 36.1 Å². The molecule has 0 amide bonds. The van der Waals surface area contributed by atoms with E-state index >= 15 is 0 Å². The Morgan fingerprint density at radius 2 is 1.59 bits per heavy atom. The van der Waals surface area contributed by atoms with Crippen molar-refractivity contribution in [2.24, 2.45) is 0 Å². The summed E-state index contributed by atoms with van der Waals surface area (Å²) < 4.78 is 0. The average molecular weight is 448 g/mol. The van der Waals surface area contributed by atoms with Crippen LogP contribution in [0.4, 0.5) is 0 Å². The number of aryl methyl sites for hydroxylation is 1. The van der Waals surface area contributed by atoms with Crippen LogP contribution in [0.1, 0.15) is 58.8 Å². The van der Waals surface area contributed by atoms with Crippen LogP contribution in [0, 0.1) is 6.92 Å². The number of nitrogens with zero attached hydrogens (tertiary/aromatic N) is 1. The molecule has 32 heavy (non-hydrogen) atoms. The Labute approximate surface area is 195 Å². The average Bonchev–Trinajstić information content (AvgIpc) is 2.82. The molecule has 1 unspecified atom stereocenters. The molecule has 4 rings (SSSR count). The van der Waals surface area contributed by atoms with E-state index in [0.29, 0.717) is 24.3 Å². The van der Waals surface area contributed by atoms with Crippen LogP contribution in [0.2, 0.25) is 5.02 Å². The highest BCUT2D eigenvalue weighted by Gasteiger charge is 2.36. The SMILES string of the molecule is Cc1ccc(C(=O)CCC(c2ccccc2)N2CCC(O)(c3ccc(Cl)cc3)CC2)cc1. The number of ketones is 1. The first-order valence-electron chi connectivity index (χ1n) is 11.3. The van der Waals surface area contributed by atoms with Crippen molar-refractivity contribution in [3.63, 3.8) is 0 Å². The van der Waals surface area contributed by atoms with Crippen LogP contribution >= 0.6 is 11.6 Å². The van der Waals surface area contributed by atoms with E-state index in [2.05, 4.69) is 29.2 Å². The topological polar surface area (TPSA) is 40.5 Å². The van der Waals surface area contributed by atoms with Gasteiger partial charge >= 0.3 is 0 Å². The summed E-state index contributed by atoms with van der Waals surface area (Å²) in [6.07, 6.45) is 2.57. The molecule has 1 fully saturated rings. The van der Waals surface area contributed by atoms with Gasteiger partial charge in [-0.3, -0.25) is 9.69 Å². The van der Waals surface area contributed by atoms with Gasteiger partial charge in [0.25, 0.3) is 0 Å². The lowest BCUT2D eigenvalue weighted by molar-refractivity contribution is -0.0370. The number of halogens is 1. The van der Waals surface area contributed by atoms with Crippen molar-refractivity contribution in [2.45, 2.75) is 44.2 Å². The lowest BCUT2D eigenvalue weighted by Gasteiger charge is -2.42. The van der Waals surface area contributed by atoms with E-state index in [9.17, 15) is 9.90 Å². The highest BCUT2D eigenvalue weighted by Crippen LogP contribution is 2.37. The Kier molecular flexibility index (Phi) is 7.10. The number of carbonyl (C=O) groups is 1. The minimum Gasteiger partial charge on any atom is -0.385 e. The van der Waals surface area contributed by atoms with Crippen LogP contribution in [-0.4, -0.2) is 28.9 Å².